The predicted molar refractivity (Wildman–Crippen MR) is 85.2 cm³/mol. The van der Waals surface area contributed by atoms with E-state index in [1.165, 1.54) is 24.3 Å². The predicted octanol–water partition coefficient (Wildman–Crippen LogP) is 3.14. The summed E-state index contributed by atoms with van der Waals surface area (Å²) < 4.78 is 39.9. The van der Waals surface area contributed by atoms with Crippen molar-refractivity contribution in [2.45, 2.75) is 18.3 Å². The summed E-state index contributed by atoms with van der Waals surface area (Å²) in [7, 11) is 0. The van der Waals surface area contributed by atoms with Crippen LogP contribution in [0.4, 0.5) is 18.0 Å². The molecule has 4 rings (SSSR count). The number of nitrogens with two attached hydrogens (primary N) is 1. The number of urea groups is 1. The molecule has 0 radical (unpaired) electrons. The third kappa shape index (κ3) is 2.29. The summed E-state index contributed by atoms with van der Waals surface area (Å²) in [6.07, 6.45) is -4.54. The molecule has 2 aliphatic rings. The summed E-state index contributed by atoms with van der Waals surface area (Å²) in [6.45, 7) is 0.0486. The molecule has 0 aliphatic carbocycles. The Morgan fingerprint density at radius 3 is 2.65 bits per heavy atom. The zero-order valence-corrected chi connectivity index (χ0v) is 13.8. The van der Waals surface area contributed by atoms with Crippen molar-refractivity contribution in [3.8, 4) is 10.4 Å². The van der Waals surface area contributed by atoms with Gasteiger partial charge in [0.1, 0.15) is 12.1 Å². The molecule has 3 heterocycles. The fourth-order valence-corrected chi connectivity index (χ4v) is 4.83. The maximum Gasteiger partial charge on any atom is 0.417 e. The molecule has 0 saturated carbocycles. The summed E-state index contributed by atoms with van der Waals surface area (Å²) in [5.74, 6) is -0.800. The van der Waals surface area contributed by atoms with Crippen molar-refractivity contribution in [2.75, 3.05) is 6.54 Å². The zero-order chi connectivity index (χ0) is 18.8. The number of nitrogens with zero attached hydrogens (tertiary/aromatic N) is 2. The molecule has 3 amide bonds. The Labute approximate surface area is 149 Å². The van der Waals surface area contributed by atoms with Crippen LogP contribution >= 0.6 is 11.3 Å². The van der Waals surface area contributed by atoms with E-state index in [-0.39, 0.29) is 12.1 Å². The minimum Gasteiger partial charge on any atom is -0.368 e. The lowest BCUT2D eigenvalue weighted by Gasteiger charge is -2.27. The van der Waals surface area contributed by atoms with Gasteiger partial charge in [0.25, 0.3) is 0 Å². The Bertz CT molecular complexity index is 927. The molecule has 2 aromatic rings. The molecule has 26 heavy (non-hydrogen) atoms. The summed E-state index contributed by atoms with van der Waals surface area (Å²) in [4.78, 5) is 25.7. The van der Waals surface area contributed by atoms with E-state index in [0.29, 0.717) is 20.4 Å². The van der Waals surface area contributed by atoms with Gasteiger partial charge >= 0.3 is 12.2 Å². The van der Waals surface area contributed by atoms with Gasteiger partial charge in [0, 0.05) is 15.3 Å². The van der Waals surface area contributed by atoms with Gasteiger partial charge in [-0.25, -0.2) is 4.79 Å². The summed E-state index contributed by atoms with van der Waals surface area (Å²) in [5, 5.41) is 10.5. The standard InChI is InChI=1S/C16H12F3N3O3S/c17-16(18,19)9-4-2-1-3-7(9)11-5-8-10-6-21(15(24)22(10)25)12(14(20)23)13(8)26-11/h1-5,10,12,25H,6H2,(H2,20,23)/t10-,12-/m0/s1. The van der Waals surface area contributed by atoms with E-state index >= 15 is 0 Å². The molecule has 3 N–H and O–H groups in total. The number of benzene rings is 1. The Kier molecular flexibility index (Phi) is 3.53. The van der Waals surface area contributed by atoms with Crippen molar-refractivity contribution in [1.29, 1.82) is 0 Å². The number of halogens is 3. The molecular formula is C16H12F3N3O3S. The van der Waals surface area contributed by atoms with Crippen molar-refractivity contribution in [1.82, 2.24) is 9.96 Å². The molecule has 1 saturated heterocycles. The van der Waals surface area contributed by atoms with Crippen LogP contribution in [0.5, 0.6) is 0 Å². The lowest BCUT2D eigenvalue weighted by molar-refractivity contribution is -0.137. The third-order valence-corrected chi connectivity index (χ3v) is 5.82. The van der Waals surface area contributed by atoms with Gasteiger partial charge in [-0.2, -0.15) is 18.2 Å². The van der Waals surface area contributed by atoms with Gasteiger partial charge in [-0.3, -0.25) is 10.0 Å². The molecule has 1 aromatic carbocycles. The SMILES string of the molecule is NC(=O)[C@@H]1c2sc(-c3ccccc3C(F)(F)F)cc2[C@@H]2CN1C(=O)N2O. The molecule has 2 aliphatic heterocycles. The monoisotopic (exact) mass is 383 g/mol. The van der Waals surface area contributed by atoms with Crippen LogP contribution in [-0.2, 0) is 11.0 Å². The van der Waals surface area contributed by atoms with Crippen molar-refractivity contribution >= 4 is 23.3 Å². The number of hydrogen-bond donors (Lipinski definition) is 2. The second kappa shape index (κ2) is 5.45. The lowest BCUT2D eigenvalue weighted by atomic mass is 9.97. The van der Waals surface area contributed by atoms with Crippen molar-refractivity contribution in [2.24, 2.45) is 5.73 Å². The highest BCUT2D eigenvalue weighted by Gasteiger charge is 2.50. The Morgan fingerprint density at radius 2 is 2.00 bits per heavy atom. The highest BCUT2D eigenvalue weighted by molar-refractivity contribution is 7.16. The first-order chi connectivity index (χ1) is 12.2. The normalized spacial score (nSPS) is 21.9. The van der Waals surface area contributed by atoms with Crippen LogP contribution in [0.3, 0.4) is 0 Å². The molecule has 2 bridgehead atoms. The first-order valence-corrected chi connectivity index (χ1v) is 8.40. The molecule has 0 spiro atoms. The van der Waals surface area contributed by atoms with Gasteiger partial charge in [0.15, 0.2) is 0 Å². The third-order valence-electron chi connectivity index (χ3n) is 4.58. The van der Waals surface area contributed by atoms with Crippen LogP contribution in [0.1, 0.15) is 28.1 Å². The number of hydrogen-bond acceptors (Lipinski definition) is 4. The van der Waals surface area contributed by atoms with Gasteiger partial charge < -0.3 is 10.6 Å². The Hall–Kier alpha value is -2.59. The number of primary amides is 1. The van der Waals surface area contributed by atoms with Crippen LogP contribution in [0, 0.1) is 0 Å². The van der Waals surface area contributed by atoms with Crippen molar-refractivity contribution < 1.29 is 28.0 Å². The number of fused-ring (bicyclic) bond motifs is 4. The molecule has 1 aromatic heterocycles. The van der Waals surface area contributed by atoms with Crippen LogP contribution < -0.4 is 5.73 Å². The summed E-state index contributed by atoms with van der Waals surface area (Å²) in [6, 6.07) is 4.01. The van der Waals surface area contributed by atoms with Crippen LogP contribution in [0.2, 0.25) is 0 Å². The zero-order valence-electron chi connectivity index (χ0n) is 13.0. The number of carbonyl (C=O) groups excluding carboxylic acids is 2. The topological polar surface area (TPSA) is 86.9 Å². The highest BCUT2D eigenvalue weighted by atomic mass is 32.1. The summed E-state index contributed by atoms with van der Waals surface area (Å²) in [5.41, 5.74) is 5.04. The molecule has 136 valence electrons. The number of thiophene rings is 1. The molecule has 1 fully saturated rings. The van der Waals surface area contributed by atoms with Gasteiger partial charge in [-0.1, -0.05) is 18.2 Å². The van der Waals surface area contributed by atoms with Crippen LogP contribution in [0.25, 0.3) is 10.4 Å². The Morgan fingerprint density at radius 1 is 1.31 bits per heavy atom. The van der Waals surface area contributed by atoms with Gasteiger partial charge in [0.05, 0.1) is 12.1 Å². The van der Waals surface area contributed by atoms with Crippen LogP contribution in [0.15, 0.2) is 30.3 Å². The molecular weight excluding hydrogens is 371 g/mol. The number of carbonyl (C=O) groups is 2. The average molecular weight is 383 g/mol. The summed E-state index contributed by atoms with van der Waals surface area (Å²) >= 11 is 0.974. The van der Waals surface area contributed by atoms with Crippen LogP contribution in [-0.4, -0.2) is 33.7 Å². The number of hydroxylamine groups is 2. The average Bonchev–Trinajstić information content (AvgIpc) is 3.11. The van der Waals surface area contributed by atoms with Gasteiger partial charge in [-0.05, 0) is 17.7 Å². The molecule has 0 unspecified atom stereocenters. The lowest BCUT2D eigenvalue weighted by Crippen LogP contribution is -2.40. The van der Waals surface area contributed by atoms with E-state index in [4.69, 9.17) is 5.73 Å². The van der Waals surface area contributed by atoms with Crippen molar-refractivity contribution in [3.63, 3.8) is 0 Å². The highest BCUT2D eigenvalue weighted by Crippen LogP contribution is 2.50. The molecule has 2 atom stereocenters. The quantitative estimate of drug-likeness (QED) is 0.781. The minimum atomic E-state index is -4.54. The maximum absolute atomic E-state index is 13.3. The van der Waals surface area contributed by atoms with E-state index in [2.05, 4.69) is 0 Å². The first-order valence-electron chi connectivity index (χ1n) is 7.58. The number of rotatable bonds is 2. The second-order valence-electron chi connectivity index (χ2n) is 6.07. The van der Waals surface area contributed by atoms with Gasteiger partial charge in [-0.15, -0.1) is 11.3 Å². The smallest absolute Gasteiger partial charge is 0.368 e. The number of alkyl halides is 3. The minimum absolute atomic E-state index is 0.0238. The molecule has 10 heteroatoms. The van der Waals surface area contributed by atoms with E-state index in [1.807, 2.05) is 0 Å². The fourth-order valence-electron chi connectivity index (χ4n) is 3.45. The molecule has 6 nitrogen and oxygen atoms in total. The van der Waals surface area contributed by atoms with E-state index < -0.39 is 35.8 Å². The van der Waals surface area contributed by atoms with Crippen molar-refractivity contribution in [3.05, 3.63) is 46.3 Å². The number of amides is 3. The second-order valence-corrected chi connectivity index (χ2v) is 7.16. The van der Waals surface area contributed by atoms with E-state index in [9.17, 15) is 28.0 Å². The fraction of sp³-hybridized carbons (Fsp3) is 0.250. The largest absolute Gasteiger partial charge is 0.417 e. The van der Waals surface area contributed by atoms with E-state index in [0.717, 1.165) is 22.3 Å². The maximum atomic E-state index is 13.3. The Balaban J connectivity index is 1.89. The first kappa shape index (κ1) is 16.9. The van der Waals surface area contributed by atoms with E-state index in [1.54, 1.807) is 0 Å². The van der Waals surface area contributed by atoms with Gasteiger partial charge in [0.2, 0.25) is 5.91 Å².